The van der Waals surface area contributed by atoms with Crippen LogP contribution >= 0.6 is 11.8 Å². The van der Waals surface area contributed by atoms with Crippen LogP contribution < -0.4 is 16.4 Å². The van der Waals surface area contributed by atoms with E-state index in [4.69, 9.17) is 5.73 Å². The summed E-state index contributed by atoms with van der Waals surface area (Å²) in [6.45, 7) is 7.28. The van der Waals surface area contributed by atoms with E-state index < -0.39 is 28.6 Å². The van der Waals surface area contributed by atoms with E-state index >= 15 is 0 Å². The quantitative estimate of drug-likeness (QED) is 0.458. The molecular weight excluding hydrogens is 318 g/mol. The van der Waals surface area contributed by atoms with Crippen molar-refractivity contribution in [1.29, 1.82) is 0 Å². The molecule has 8 heteroatoms. The van der Waals surface area contributed by atoms with Gasteiger partial charge in [-0.2, -0.15) is 11.8 Å². The molecule has 0 heterocycles. The molecule has 3 unspecified atom stereocenters. The molecule has 0 saturated heterocycles. The van der Waals surface area contributed by atoms with Crippen LogP contribution in [0.25, 0.3) is 0 Å². The van der Waals surface area contributed by atoms with Gasteiger partial charge in [-0.15, -0.1) is 0 Å². The predicted molar refractivity (Wildman–Crippen MR) is 92.2 cm³/mol. The summed E-state index contributed by atoms with van der Waals surface area (Å²) in [7, 11) is 0. The van der Waals surface area contributed by atoms with Crippen LogP contribution in [0.1, 0.15) is 40.5 Å². The number of hydrogen-bond donors (Lipinski definition) is 4. The molecule has 23 heavy (non-hydrogen) atoms. The summed E-state index contributed by atoms with van der Waals surface area (Å²) >= 11 is 1.43. The maximum atomic E-state index is 12.2. The van der Waals surface area contributed by atoms with Gasteiger partial charge in [0.25, 0.3) is 0 Å². The lowest BCUT2D eigenvalue weighted by atomic mass is 9.87. The molecule has 5 N–H and O–H groups in total. The number of hydrogen-bond acceptors (Lipinski definition) is 5. The van der Waals surface area contributed by atoms with Crippen molar-refractivity contribution in [3.8, 4) is 0 Å². The number of aliphatic carboxylic acids is 1. The second-order valence-electron chi connectivity index (χ2n) is 5.98. The highest BCUT2D eigenvalue weighted by atomic mass is 32.2. The SMILES string of the molecule is CCC(C)(SC)C(CC(=O)NC(CN)C(=O)NC(C)C)C(=O)O. The second-order valence-corrected chi connectivity index (χ2v) is 7.33. The molecule has 0 aliphatic heterocycles. The molecule has 0 aromatic heterocycles. The molecule has 0 rings (SSSR count). The first-order chi connectivity index (χ1) is 10.6. The van der Waals surface area contributed by atoms with E-state index in [-0.39, 0.29) is 24.9 Å². The number of carbonyl (C=O) groups excluding carboxylic acids is 2. The lowest BCUT2D eigenvalue weighted by Gasteiger charge is -2.32. The number of rotatable bonds is 10. The largest absolute Gasteiger partial charge is 0.481 e. The second kappa shape index (κ2) is 9.77. The summed E-state index contributed by atoms with van der Waals surface area (Å²) in [5, 5.41) is 14.6. The molecule has 2 amide bonds. The van der Waals surface area contributed by atoms with E-state index in [1.165, 1.54) is 11.8 Å². The highest BCUT2D eigenvalue weighted by Crippen LogP contribution is 2.36. The number of nitrogens with one attached hydrogen (secondary N) is 2. The van der Waals surface area contributed by atoms with Gasteiger partial charge in [0.15, 0.2) is 0 Å². The molecule has 0 bridgehead atoms. The molecule has 0 aliphatic carbocycles. The Hall–Kier alpha value is -1.28. The average Bonchev–Trinajstić information content (AvgIpc) is 2.48. The normalized spacial score (nSPS) is 16.3. The molecule has 3 atom stereocenters. The third-order valence-corrected chi connectivity index (χ3v) is 5.42. The van der Waals surface area contributed by atoms with Crippen LogP contribution in [0.2, 0.25) is 0 Å². The van der Waals surface area contributed by atoms with Crippen molar-refractivity contribution in [3.63, 3.8) is 0 Å². The van der Waals surface area contributed by atoms with Crippen molar-refractivity contribution in [2.75, 3.05) is 12.8 Å². The zero-order chi connectivity index (χ0) is 18.2. The van der Waals surface area contributed by atoms with E-state index in [1.54, 1.807) is 13.8 Å². The van der Waals surface area contributed by atoms with E-state index in [0.29, 0.717) is 6.42 Å². The van der Waals surface area contributed by atoms with Crippen LogP contribution in [0, 0.1) is 5.92 Å². The van der Waals surface area contributed by atoms with Crippen molar-refractivity contribution in [2.24, 2.45) is 11.7 Å². The van der Waals surface area contributed by atoms with Crippen LogP contribution in [0.15, 0.2) is 0 Å². The molecule has 0 saturated carbocycles. The van der Waals surface area contributed by atoms with Gasteiger partial charge in [0.2, 0.25) is 11.8 Å². The first kappa shape index (κ1) is 21.7. The Balaban J connectivity index is 4.94. The zero-order valence-corrected chi connectivity index (χ0v) is 15.3. The van der Waals surface area contributed by atoms with Crippen molar-refractivity contribution in [2.45, 2.75) is 57.4 Å². The minimum absolute atomic E-state index is 0.0460. The van der Waals surface area contributed by atoms with Crippen molar-refractivity contribution in [3.05, 3.63) is 0 Å². The van der Waals surface area contributed by atoms with Crippen LogP contribution in [-0.4, -0.2) is 52.5 Å². The third-order valence-electron chi connectivity index (χ3n) is 3.91. The minimum Gasteiger partial charge on any atom is -0.481 e. The molecule has 0 radical (unpaired) electrons. The van der Waals surface area contributed by atoms with E-state index in [1.807, 2.05) is 20.1 Å². The van der Waals surface area contributed by atoms with Gasteiger partial charge in [0.05, 0.1) is 5.92 Å². The summed E-state index contributed by atoms with van der Waals surface area (Å²) in [4.78, 5) is 35.6. The average molecular weight is 347 g/mol. The summed E-state index contributed by atoms with van der Waals surface area (Å²) in [6.07, 6.45) is 2.26. The molecule has 0 spiro atoms. The molecule has 7 nitrogen and oxygen atoms in total. The van der Waals surface area contributed by atoms with Crippen LogP contribution in [0.5, 0.6) is 0 Å². The van der Waals surface area contributed by atoms with Crippen LogP contribution in [0.3, 0.4) is 0 Å². The lowest BCUT2D eigenvalue weighted by molar-refractivity contribution is -0.145. The van der Waals surface area contributed by atoms with Gasteiger partial charge < -0.3 is 21.5 Å². The van der Waals surface area contributed by atoms with Crippen LogP contribution in [0.4, 0.5) is 0 Å². The Kier molecular flexibility index (Phi) is 9.23. The highest BCUT2D eigenvalue weighted by Gasteiger charge is 2.39. The number of carboxylic acid groups (broad SMARTS) is 1. The zero-order valence-electron chi connectivity index (χ0n) is 14.5. The van der Waals surface area contributed by atoms with Crippen LogP contribution in [-0.2, 0) is 14.4 Å². The first-order valence-electron chi connectivity index (χ1n) is 7.69. The standard InChI is InChI=1S/C15H29N3O4S/c1-6-15(4,23-5)10(14(21)22)7-12(19)18-11(8-16)13(20)17-9(2)3/h9-11H,6-8,16H2,1-5H3,(H,17,20)(H,18,19)(H,21,22). The lowest BCUT2D eigenvalue weighted by Crippen LogP contribution is -2.53. The maximum absolute atomic E-state index is 12.2. The van der Waals surface area contributed by atoms with Gasteiger partial charge in [0.1, 0.15) is 6.04 Å². The minimum atomic E-state index is -1.02. The van der Waals surface area contributed by atoms with Crippen molar-refractivity contribution >= 4 is 29.5 Å². The summed E-state index contributed by atoms with van der Waals surface area (Å²) < 4.78 is -0.554. The van der Waals surface area contributed by atoms with Gasteiger partial charge >= 0.3 is 5.97 Å². The van der Waals surface area contributed by atoms with Gasteiger partial charge in [-0.1, -0.05) is 6.92 Å². The Morgan fingerprint density at radius 2 is 1.83 bits per heavy atom. The van der Waals surface area contributed by atoms with E-state index in [2.05, 4.69) is 10.6 Å². The predicted octanol–water partition coefficient (Wildman–Crippen LogP) is 0.577. The topological polar surface area (TPSA) is 122 Å². The highest BCUT2D eigenvalue weighted by molar-refractivity contribution is 8.00. The Morgan fingerprint density at radius 3 is 2.17 bits per heavy atom. The Bertz CT molecular complexity index is 425. The summed E-state index contributed by atoms with van der Waals surface area (Å²) in [5.74, 6) is -2.71. The fourth-order valence-corrected chi connectivity index (χ4v) is 2.91. The van der Waals surface area contributed by atoms with Gasteiger partial charge in [-0.3, -0.25) is 14.4 Å². The number of thioether (sulfide) groups is 1. The monoisotopic (exact) mass is 347 g/mol. The maximum Gasteiger partial charge on any atom is 0.308 e. The molecule has 0 fully saturated rings. The van der Waals surface area contributed by atoms with Gasteiger partial charge in [-0.25, -0.2) is 0 Å². The van der Waals surface area contributed by atoms with E-state index in [0.717, 1.165) is 0 Å². The molecule has 0 aromatic rings. The van der Waals surface area contributed by atoms with Gasteiger partial charge in [-0.05, 0) is 33.4 Å². The van der Waals surface area contributed by atoms with Crippen molar-refractivity contribution in [1.82, 2.24) is 10.6 Å². The fraction of sp³-hybridized carbons (Fsp3) is 0.800. The Morgan fingerprint density at radius 1 is 1.26 bits per heavy atom. The molecular formula is C15H29N3O4S. The summed E-state index contributed by atoms with van der Waals surface area (Å²) in [6, 6.07) is -0.929. The molecule has 134 valence electrons. The first-order valence-corrected chi connectivity index (χ1v) is 8.91. The van der Waals surface area contributed by atoms with Crippen molar-refractivity contribution < 1.29 is 19.5 Å². The summed E-state index contributed by atoms with van der Waals surface area (Å²) in [5.41, 5.74) is 5.53. The fourth-order valence-electron chi connectivity index (χ4n) is 2.15. The third kappa shape index (κ3) is 6.78. The smallest absolute Gasteiger partial charge is 0.308 e. The number of nitrogens with two attached hydrogens (primary N) is 1. The molecule has 0 aromatic carbocycles. The van der Waals surface area contributed by atoms with Gasteiger partial charge in [0, 0.05) is 23.8 Å². The molecule has 0 aliphatic rings. The number of amides is 2. The number of carbonyl (C=O) groups is 3. The van der Waals surface area contributed by atoms with E-state index in [9.17, 15) is 19.5 Å². The number of carboxylic acids is 1. The Labute approximate surface area is 142 Å².